The van der Waals surface area contributed by atoms with Crippen LogP contribution in [0.5, 0.6) is 5.75 Å². The van der Waals surface area contributed by atoms with Crippen LogP contribution in [0.3, 0.4) is 0 Å². The van der Waals surface area contributed by atoms with E-state index in [4.69, 9.17) is 4.74 Å². The lowest BCUT2D eigenvalue weighted by Crippen LogP contribution is -2.10. The molecule has 0 radical (unpaired) electrons. The van der Waals surface area contributed by atoms with Crippen molar-refractivity contribution in [2.45, 2.75) is 19.6 Å². The summed E-state index contributed by atoms with van der Waals surface area (Å²) in [6, 6.07) is 12.1. The van der Waals surface area contributed by atoms with Crippen molar-refractivity contribution in [1.29, 1.82) is 0 Å². The molecule has 0 spiro atoms. The summed E-state index contributed by atoms with van der Waals surface area (Å²) in [4.78, 5) is 12.2. The van der Waals surface area contributed by atoms with Crippen LogP contribution in [0.15, 0.2) is 42.5 Å². The van der Waals surface area contributed by atoms with Crippen LogP contribution >= 0.6 is 0 Å². The number of carbonyl (C=O) groups is 1. The Kier molecular flexibility index (Phi) is 4.66. The fourth-order valence-corrected chi connectivity index (χ4v) is 2.95. The molecule has 0 heterocycles. The Morgan fingerprint density at radius 2 is 1.55 bits per heavy atom. The molecule has 4 nitrogen and oxygen atoms in total. The standard InChI is InChI=1S/C17H18O4S/c1-12-5-4-6-13(2)16(12)21-17(18)15-9-7-14(8-10-15)11-22(3,19)20/h4-10H,11H2,1-3H3. The van der Waals surface area contributed by atoms with Gasteiger partial charge in [0.25, 0.3) is 0 Å². The average molecular weight is 318 g/mol. The Morgan fingerprint density at radius 1 is 1.00 bits per heavy atom. The van der Waals surface area contributed by atoms with Gasteiger partial charge in [-0.1, -0.05) is 30.3 Å². The van der Waals surface area contributed by atoms with Gasteiger partial charge in [-0.05, 0) is 42.7 Å². The van der Waals surface area contributed by atoms with Crippen LogP contribution in [0.2, 0.25) is 0 Å². The van der Waals surface area contributed by atoms with Crippen LogP contribution in [0.25, 0.3) is 0 Å². The second kappa shape index (κ2) is 6.32. The van der Waals surface area contributed by atoms with E-state index in [1.165, 1.54) is 6.26 Å². The number of esters is 1. The minimum atomic E-state index is -3.09. The van der Waals surface area contributed by atoms with Gasteiger partial charge in [-0.25, -0.2) is 13.2 Å². The number of para-hydroxylation sites is 1. The number of rotatable bonds is 4. The maximum Gasteiger partial charge on any atom is 0.343 e. The highest BCUT2D eigenvalue weighted by atomic mass is 32.2. The van der Waals surface area contributed by atoms with Crippen LogP contribution < -0.4 is 4.74 Å². The number of ether oxygens (including phenoxy) is 1. The van der Waals surface area contributed by atoms with Crippen molar-refractivity contribution in [3.63, 3.8) is 0 Å². The number of benzene rings is 2. The van der Waals surface area contributed by atoms with E-state index in [0.29, 0.717) is 16.9 Å². The van der Waals surface area contributed by atoms with E-state index in [2.05, 4.69) is 0 Å². The topological polar surface area (TPSA) is 60.4 Å². The minimum Gasteiger partial charge on any atom is -0.422 e. The Morgan fingerprint density at radius 3 is 2.05 bits per heavy atom. The molecule has 5 heteroatoms. The number of sulfone groups is 1. The van der Waals surface area contributed by atoms with E-state index < -0.39 is 15.8 Å². The van der Waals surface area contributed by atoms with Crippen LogP contribution in [0, 0.1) is 13.8 Å². The smallest absolute Gasteiger partial charge is 0.343 e. The van der Waals surface area contributed by atoms with Crippen LogP contribution in [0.4, 0.5) is 0 Å². The molecular formula is C17H18O4S. The molecule has 0 aliphatic rings. The van der Waals surface area contributed by atoms with E-state index >= 15 is 0 Å². The zero-order chi connectivity index (χ0) is 16.3. The van der Waals surface area contributed by atoms with Gasteiger partial charge in [-0.3, -0.25) is 0 Å². The minimum absolute atomic E-state index is 0.0424. The largest absolute Gasteiger partial charge is 0.422 e. The highest BCUT2D eigenvalue weighted by Gasteiger charge is 2.12. The van der Waals surface area contributed by atoms with Crippen molar-refractivity contribution in [3.05, 3.63) is 64.7 Å². The quantitative estimate of drug-likeness (QED) is 0.642. The molecule has 0 saturated carbocycles. The zero-order valence-corrected chi connectivity index (χ0v) is 13.6. The summed E-state index contributed by atoms with van der Waals surface area (Å²) < 4.78 is 27.9. The summed E-state index contributed by atoms with van der Waals surface area (Å²) in [5, 5.41) is 0. The summed E-state index contributed by atoms with van der Waals surface area (Å²) >= 11 is 0. The van der Waals surface area contributed by atoms with Crippen molar-refractivity contribution in [3.8, 4) is 5.75 Å². The SMILES string of the molecule is Cc1cccc(C)c1OC(=O)c1ccc(CS(C)(=O)=O)cc1. The number of hydrogen-bond donors (Lipinski definition) is 0. The first-order valence-electron chi connectivity index (χ1n) is 6.81. The fourth-order valence-electron chi connectivity index (χ4n) is 2.15. The Balaban J connectivity index is 2.17. The lowest BCUT2D eigenvalue weighted by molar-refractivity contribution is 0.0732. The Hall–Kier alpha value is -2.14. The molecular weight excluding hydrogens is 300 g/mol. The lowest BCUT2D eigenvalue weighted by atomic mass is 10.1. The summed E-state index contributed by atoms with van der Waals surface area (Å²) in [6.45, 7) is 3.76. The molecule has 0 atom stereocenters. The maximum atomic E-state index is 12.2. The van der Waals surface area contributed by atoms with Crippen molar-refractivity contribution < 1.29 is 17.9 Å². The van der Waals surface area contributed by atoms with Crippen LogP contribution in [-0.2, 0) is 15.6 Å². The number of aryl methyl sites for hydroxylation is 2. The molecule has 2 aromatic carbocycles. The number of hydrogen-bond acceptors (Lipinski definition) is 4. The second-order valence-corrected chi connectivity index (χ2v) is 7.52. The average Bonchev–Trinajstić information content (AvgIpc) is 2.42. The van der Waals surface area contributed by atoms with Gasteiger partial charge in [-0.15, -0.1) is 0 Å². The highest BCUT2D eigenvalue weighted by molar-refractivity contribution is 7.89. The van der Waals surface area contributed by atoms with Gasteiger partial charge >= 0.3 is 5.97 Å². The van der Waals surface area contributed by atoms with Crippen molar-refractivity contribution in [1.82, 2.24) is 0 Å². The first kappa shape index (κ1) is 16.2. The highest BCUT2D eigenvalue weighted by Crippen LogP contribution is 2.23. The molecule has 0 aliphatic heterocycles. The van der Waals surface area contributed by atoms with E-state index in [-0.39, 0.29) is 5.75 Å². The molecule has 0 bridgehead atoms. The molecule has 0 aliphatic carbocycles. The van der Waals surface area contributed by atoms with E-state index in [1.807, 2.05) is 32.0 Å². The molecule has 2 aromatic rings. The van der Waals surface area contributed by atoms with Gasteiger partial charge in [0.15, 0.2) is 9.84 Å². The van der Waals surface area contributed by atoms with Gasteiger partial charge in [0.2, 0.25) is 0 Å². The molecule has 22 heavy (non-hydrogen) atoms. The summed E-state index contributed by atoms with van der Waals surface area (Å²) in [5.74, 6) is 0.0650. The first-order valence-corrected chi connectivity index (χ1v) is 8.87. The van der Waals surface area contributed by atoms with Crippen LogP contribution in [0.1, 0.15) is 27.0 Å². The summed E-state index contributed by atoms with van der Waals surface area (Å²) in [6.07, 6.45) is 1.18. The van der Waals surface area contributed by atoms with Crippen molar-refractivity contribution >= 4 is 15.8 Å². The third-order valence-corrected chi connectivity index (χ3v) is 4.08. The lowest BCUT2D eigenvalue weighted by Gasteiger charge is -2.10. The normalized spacial score (nSPS) is 11.2. The zero-order valence-electron chi connectivity index (χ0n) is 12.8. The first-order chi connectivity index (χ1) is 10.3. The molecule has 0 aromatic heterocycles. The van der Waals surface area contributed by atoms with E-state index in [9.17, 15) is 13.2 Å². The Bertz CT molecular complexity index is 770. The van der Waals surface area contributed by atoms with Crippen molar-refractivity contribution in [2.24, 2.45) is 0 Å². The van der Waals surface area contributed by atoms with Gasteiger partial charge in [0.05, 0.1) is 11.3 Å². The summed E-state index contributed by atoms with van der Waals surface area (Å²) in [5.41, 5.74) is 2.81. The molecule has 0 unspecified atom stereocenters. The predicted molar refractivity (Wildman–Crippen MR) is 85.9 cm³/mol. The van der Waals surface area contributed by atoms with Crippen molar-refractivity contribution in [2.75, 3.05) is 6.26 Å². The monoisotopic (exact) mass is 318 g/mol. The van der Waals surface area contributed by atoms with Gasteiger partial charge in [-0.2, -0.15) is 0 Å². The van der Waals surface area contributed by atoms with E-state index in [0.717, 1.165) is 11.1 Å². The molecule has 0 amide bonds. The third kappa shape index (κ3) is 4.18. The third-order valence-electron chi connectivity index (χ3n) is 3.22. The molecule has 116 valence electrons. The molecule has 0 saturated heterocycles. The van der Waals surface area contributed by atoms with Gasteiger partial charge in [0, 0.05) is 6.26 Å². The summed E-state index contributed by atoms with van der Waals surface area (Å²) in [7, 11) is -3.09. The molecule has 2 rings (SSSR count). The predicted octanol–water partition coefficient (Wildman–Crippen LogP) is 3.07. The Labute approximate surface area is 130 Å². The molecule has 0 N–H and O–H groups in total. The maximum absolute atomic E-state index is 12.2. The second-order valence-electron chi connectivity index (χ2n) is 5.38. The van der Waals surface area contributed by atoms with Crippen LogP contribution in [-0.4, -0.2) is 20.6 Å². The fraction of sp³-hybridized carbons (Fsp3) is 0.235. The number of carbonyl (C=O) groups excluding carboxylic acids is 1. The van der Waals surface area contributed by atoms with E-state index in [1.54, 1.807) is 24.3 Å². The van der Waals surface area contributed by atoms with Gasteiger partial charge < -0.3 is 4.74 Å². The van der Waals surface area contributed by atoms with Gasteiger partial charge in [0.1, 0.15) is 5.75 Å². The molecule has 0 fully saturated rings.